The predicted molar refractivity (Wildman–Crippen MR) is 81.5 cm³/mol. The monoisotopic (exact) mass is 308 g/mol. The highest BCUT2D eigenvalue weighted by Crippen LogP contribution is 2.49. The summed E-state index contributed by atoms with van der Waals surface area (Å²) in [7, 11) is 0. The van der Waals surface area contributed by atoms with Gasteiger partial charge >= 0.3 is 0 Å². The molecular formula is C15H20N2O3S. The van der Waals surface area contributed by atoms with Gasteiger partial charge in [-0.05, 0) is 35.8 Å². The Morgan fingerprint density at radius 3 is 3.10 bits per heavy atom. The van der Waals surface area contributed by atoms with E-state index in [2.05, 4.69) is 36.8 Å². The lowest BCUT2D eigenvalue weighted by Crippen LogP contribution is -2.38. The van der Waals surface area contributed by atoms with Crippen molar-refractivity contribution in [3.63, 3.8) is 0 Å². The van der Waals surface area contributed by atoms with Crippen LogP contribution in [0, 0.1) is 5.92 Å². The summed E-state index contributed by atoms with van der Waals surface area (Å²) in [5, 5.41) is 12.1. The Morgan fingerprint density at radius 1 is 1.24 bits per heavy atom. The fourth-order valence-corrected chi connectivity index (χ4v) is 4.75. The summed E-state index contributed by atoms with van der Waals surface area (Å²) in [4.78, 5) is 2.55. The van der Waals surface area contributed by atoms with Gasteiger partial charge in [-0.2, -0.15) is 0 Å². The van der Waals surface area contributed by atoms with Crippen LogP contribution in [-0.4, -0.2) is 29.2 Å². The SMILES string of the molecule is OOOSN1CCN2C[C@@H]3CCC[C@@H]3c3cccc(c32)C1. The van der Waals surface area contributed by atoms with Crippen molar-refractivity contribution in [2.45, 2.75) is 31.7 Å². The Morgan fingerprint density at radius 2 is 2.19 bits per heavy atom. The van der Waals surface area contributed by atoms with Gasteiger partial charge in [0.15, 0.2) is 0 Å². The highest BCUT2D eigenvalue weighted by Gasteiger charge is 2.38. The Balaban J connectivity index is 1.67. The molecule has 3 aliphatic rings. The second-order valence-corrected chi connectivity index (χ2v) is 6.98. The van der Waals surface area contributed by atoms with Crippen LogP contribution in [0.3, 0.4) is 0 Å². The van der Waals surface area contributed by atoms with Gasteiger partial charge in [0, 0.05) is 31.9 Å². The number of nitrogens with zero attached hydrogens (tertiary/aromatic N) is 2. The van der Waals surface area contributed by atoms with Crippen LogP contribution >= 0.6 is 12.2 Å². The van der Waals surface area contributed by atoms with Crippen molar-refractivity contribution in [1.29, 1.82) is 0 Å². The van der Waals surface area contributed by atoms with Crippen molar-refractivity contribution in [1.82, 2.24) is 4.31 Å². The molecule has 1 N–H and O–H groups in total. The van der Waals surface area contributed by atoms with Gasteiger partial charge in [0.25, 0.3) is 0 Å². The van der Waals surface area contributed by atoms with Crippen molar-refractivity contribution < 1.29 is 14.6 Å². The van der Waals surface area contributed by atoms with E-state index < -0.39 is 0 Å². The number of hydrogen-bond acceptors (Lipinski definition) is 6. The standard InChI is InChI=1S/C15H20N2O3S/c18-19-20-21-17-8-7-16-9-11-3-1-5-13(11)14-6-2-4-12(10-17)15(14)16/h2,4,6,11,13,18H,1,3,5,7-10H2/t11-,13-/m0/s1. The van der Waals surface area contributed by atoms with Gasteiger partial charge in [-0.25, -0.2) is 9.56 Å². The minimum atomic E-state index is 0.757. The zero-order valence-electron chi connectivity index (χ0n) is 11.9. The van der Waals surface area contributed by atoms with Gasteiger partial charge in [0.1, 0.15) is 12.2 Å². The van der Waals surface area contributed by atoms with E-state index in [-0.39, 0.29) is 0 Å². The lowest BCUT2D eigenvalue weighted by Gasteiger charge is -2.38. The molecule has 2 heterocycles. The lowest BCUT2D eigenvalue weighted by molar-refractivity contribution is -0.433. The van der Waals surface area contributed by atoms with Gasteiger partial charge < -0.3 is 4.90 Å². The summed E-state index contributed by atoms with van der Waals surface area (Å²) in [6, 6.07) is 6.72. The van der Waals surface area contributed by atoms with Crippen LogP contribution in [0.15, 0.2) is 18.2 Å². The fourth-order valence-electron chi connectivity index (χ4n) is 4.29. The molecule has 1 aromatic rings. The molecule has 2 aliphatic heterocycles. The first kappa shape index (κ1) is 13.8. The normalized spacial score (nSPS) is 28.1. The molecule has 1 fully saturated rings. The van der Waals surface area contributed by atoms with Gasteiger partial charge in [-0.15, -0.1) is 4.33 Å². The van der Waals surface area contributed by atoms with Crippen LogP contribution in [-0.2, 0) is 15.9 Å². The van der Waals surface area contributed by atoms with E-state index in [0.717, 1.165) is 43.7 Å². The van der Waals surface area contributed by atoms with Crippen molar-refractivity contribution >= 4 is 17.9 Å². The van der Waals surface area contributed by atoms with E-state index in [1.165, 1.54) is 37.1 Å². The summed E-state index contributed by atoms with van der Waals surface area (Å²) in [6.45, 7) is 3.88. The summed E-state index contributed by atoms with van der Waals surface area (Å²) >= 11 is 1.07. The van der Waals surface area contributed by atoms with Crippen molar-refractivity contribution in [2.75, 3.05) is 24.5 Å². The van der Waals surface area contributed by atoms with Gasteiger partial charge in [-0.1, -0.05) is 29.7 Å². The van der Waals surface area contributed by atoms with E-state index in [0.29, 0.717) is 0 Å². The third-order valence-corrected chi connectivity index (χ3v) is 5.76. The van der Waals surface area contributed by atoms with Crippen molar-refractivity contribution in [3.05, 3.63) is 29.3 Å². The molecule has 0 unspecified atom stereocenters. The number of fused-ring (bicyclic) bond motifs is 2. The smallest absolute Gasteiger partial charge is 0.124 e. The van der Waals surface area contributed by atoms with E-state index >= 15 is 0 Å². The molecule has 0 spiro atoms. The number of hydrogen-bond donors (Lipinski definition) is 1. The summed E-state index contributed by atoms with van der Waals surface area (Å²) in [6.07, 6.45) is 4.08. The largest absolute Gasteiger partial charge is 0.369 e. The average Bonchev–Trinajstić information content (AvgIpc) is 2.90. The van der Waals surface area contributed by atoms with Crippen LogP contribution < -0.4 is 4.90 Å². The Labute approximate surface area is 129 Å². The molecule has 0 radical (unpaired) electrons. The molecule has 1 aromatic carbocycles. The molecule has 1 aliphatic carbocycles. The molecule has 0 amide bonds. The summed E-state index contributed by atoms with van der Waals surface area (Å²) < 4.78 is 6.70. The quantitative estimate of drug-likeness (QED) is 0.400. The summed E-state index contributed by atoms with van der Waals surface area (Å²) in [5.74, 6) is 1.58. The Kier molecular flexibility index (Phi) is 3.81. The summed E-state index contributed by atoms with van der Waals surface area (Å²) in [5.41, 5.74) is 4.35. The predicted octanol–water partition coefficient (Wildman–Crippen LogP) is 3.19. The molecule has 6 heteroatoms. The van der Waals surface area contributed by atoms with E-state index in [4.69, 9.17) is 5.26 Å². The molecule has 5 nitrogen and oxygen atoms in total. The van der Waals surface area contributed by atoms with E-state index in [1.807, 2.05) is 0 Å². The molecule has 0 bridgehead atoms. The van der Waals surface area contributed by atoms with Crippen molar-refractivity contribution in [3.8, 4) is 0 Å². The molecule has 2 atom stereocenters. The zero-order valence-corrected chi connectivity index (χ0v) is 12.7. The second-order valence-electron chi connectivity index (χ2n) is 6.18. The third-order valence-electron chi connectivity index (χ3n) is 5.11. The third kappa shape index (κ3) is 2.45. The van der Waals surface area contributed by atoms with E-state index in [1.54, 1.807) is 5.56 Å². The minimum Gasteiger partial charge on any atom is -0.369 e. The molecule has 21 heavy (non-hydrogen) atoms. The first-order valence-electron chi connectivity index (χ1n) is 7.63. The minimum absolute atomic E-state index is 0.757. The van der Waals surface area contributed by atoms with Crippen LogP contribution in [0.25, 0.3) is 0 Å². The van der Waals surface area contributed by atoms with Crippen LogP contribution in [0.1, 0.15) is 36.3 Å². The maximum atomic E-state index is 8.34. The van der Waals surface area contributed by atoms with Gasteiger partial charge in [0.2, 0.25) is 0 Å². The average molecular weight is 308 g/mol. The topological polar surface area (TPSA) is 45.2 Å². The molecular weight excluding hydrogens is 288 g/mol. The van der Waals surface area contributed by atoms with Crippen LogP contribution in [0.4, 0.5) is 5.69 Å². The first-order valence-corrected chi connectivity index (χ1v) is 8.33. The first-order chi connectivity index (χ1) is 10.4. The number of benzene rings is 1. The molecule has 0 aromatic heterocycles. The number of rotatable bonds is 3. The fraction of sp³-hybridized carbons (Fsp3) is 0.600. The molecule has 0 saturated heterocycles. The number of para-hydroxylation sites is 1. The molecule has 114 valence electrons. The highest BCUT2D eigenvalue weighted by atomic mass is 32.2. The second kappa shape index (κ2) is 5.78. The maximum absolute atomic E-state index is 8.34. The Hall–Kier alpha value is -0.790. The Bertz CT molecular complexity index is 528. The molecule has 1 saturated carbocycles. The zero-order chi connectivity index (χ0) is 14.2. The van der Waals surface area contributed by atoms with Gasteiger partial charge in [0.05, 0.1) is 0 Å². The van der Waals surface area contributed by atoms with E-state index in [9.17, 15) is 0 Å². The highest BCUT2D eigenvalue weighted by molar-refractivity contribution is 7.92. The van der Waals surface area contributed by atoms with Gasteiger partial charge in [-0.3, -0.25) is 0 Å². The number of anilines is 1. The molecule has 4 rings (SSSR count). The van der Waals surface area contributed by atoms with Crippen molar-refractivity contribution in [2.24, 2.45) is 5.92 Å². The maximum Gasteiger partial charge on any atom is 0.124 e. The van der Waals surface area contributed by atoms with Crippen LogP contribution in [0.5, 0.6) is 0 Å². The van der Waals surface area contributed by atoms with Crippen LogP contribution in [0.2, 0.25) is 0 Å². The lowest BCUT2D eigenvalue weighted by atomic mass is 9.82.